The number of hydrogen-bond acceptors (Lipinski definition) is 4. The van der Waals surface area contributed by atoms with Crippen LogP contribution in [0.1, 0.15) is 34.7 Å². The molecule has 27 heavy (non-hydrogen) atoms. The van der Waals surface area contributed by atoms with E-state index in [1.165, 1.54) is 12.8 Å². The normalized spacial score (nSPS) is 20.7. The Morgan fingerprint density at radius 3 is 2.63 bits per heavy atom. The van der Waals surface area contributed by atoms with E-state index in [2.05, 4.69) is 10.2 Å². The van der Waals surface area contributed by atoms with Gasteiger partial charge >= 0.3 is 0 Å². The fraction of sp³-hybridized carbons (Fsp3) is 0.429. The van der Waals surface area contributed by atoms with Crippen molar-refractivity contribution in [1.82, 2.24) is 15.1 Å². The molecule has 2 aliphatic rings. The molecule has 1 atom stereocenters. The summed E-state index contributed by atoms with van der Waals surface area (Å²) >= 11 is 0. The molecular weight excluding hydrogens is 342 g/mol. The monoisotopic (exact) mass is 367 g/mol. The minimum atomic E-state index is -0.513. The summed E-state index contributed by atoms with van der Waals surface area (Å²) in [5, 5.41) is 2.87. The van der Waals surface area contributed by atoms with Crippen molar-refractivity contribution in [1.29, 1.82) is 0 Å². The number of likely N-dealkylation sites (tertiary alicyclic amines) is 1. The molecule has 1 aromatic carbocycles. The maximum absolute atomic E-state index is 13.0. The number of nitrogens with zero attached hydrogens (tertiary/aromatic N) is 2. The number of nitrogens with one attached hydrogen (secondary N) is 1. The lowest BCUT2D eigenvalue weighted by Gasteiger charge is -2.34. The SMILES string of the molecule is O=C1NCCN(C(=O)c2ccc(CN3CCCC3)o2)C1Cc1ccccc1. The van der Waals surface area contributed by atoms with Crippen molar-refractivity contribution in [2.75, 3.05) is 26.2 Å². The lowest BCUT2D eigenvalue weighted by atomic mass is 10.0. The van der Waals surface area contributed by atoms with Gasteiger partial charge in [0.25, 0.3) is 5.91 Å². The van der Waals surface area contributed by atoms with E-state index in [9.17, 15) is 9.59 Å². The van der Waals surface area contributed by atoms with E-state index >= 15 is 0 Å². The van der Waals surface area contributed by atoms with Crippen LogP contribution in [0.3, 0.4) is 0 Å². The summed E-state index contributed by atoms with van der Waals surface area (Å²) in [5.74, 6) is 0.805. The first-order chi connectivity index (χ1) is 13.2. The number of furan rings is 1. The zero-order valence-corrected chi connectivity index (χ0v) is 15.4. The molecule has 1 unspecified atom stereocenters. The van der Waals surface area contributed by atoms with Gasteiger partial charge in [-0.15, -0.1) is 0 Å². The number of piperazine rings is 1. The van der Waals surface area contributed by atoms with Crippen LogP contribution in [-0.2, 0) is 17.8 Å². The Bertz CT molecular complexity index is 796. The van der Waals surface area contributed by atoms with Crippen molar-refractivity contribution in [2.24, 2.45) is 0 Å². The largest absolute Gasteiger partial charge is 0.455 e. The van der Waals surface area contributed by atoms with Crippen LogP contribution in [0.4, 0.5) is 0 Å². The molecule has 2 amide bonds. The second-order valence-electron chi connectivity index (χ2n) is 7.24. The Labute approximate surface area is 159 Å². The number of hydrogen-bond donors (Lipinski definition) is 1. The Morgan fingerprint density at radius 2 is 1.85 bits per heavy atom. The van der Waals surface area contributed by atoms with Crippen molar-refractivity contribution < 1.29 is 14.0 Å². The molecule has 0 saturated carbocycles. The average molecular weight is 367 g/mol. The van der Waals surface area contributed by atoms with Gasteiger partial charge in [-0.25, -0.2) is 0 Å². The summed E-state index contributed by atoms with van der Waals surface area (Å²) in [6, 6.07) is 12.9. The minimum absolute atomic E-state index is 0.109. The summed E-state index contributed by atoms with van der Waals surface area (Å²) in [6.45, 7) is 3.85. The maximum atomic E-state index is 13.0. The number of rotatable bonds is 5. The van der Waals surface area contributed by atoms with E-state index in [0.29, 0.717) is 25.3 Å². The van der Waals surface area contributed by atoms with Crippen LogP contribution < -0.4 is 5.32 Å². The third-order valence-corrected chi connectivity index (χ3v) is 5.31. The van der Waals surface area contributed by atoms with Crippen molar-refractivity contribution in [2.45, 2.75) is 31.8 Å². The molecule has 1 N–H and O–H groups in total. The van der Waals surface area contributed by atoms with Crippen LogP contribution in [0.2, 0.25) is 0 Å². The molecule has 4 rings (SSSR count). The summed E-state index contributed by atoms with van der Waals surface area (Å²) < 4.78 is 5.83. The van der Waals surface area contributed by atoms with Gasteiger partial charge in [-0.2, -0.15) is 0 Å². The summed E-state index contributed by atoms with van der Waals surface area (Å²) in [6.07, 6.45) is 2.94. The molecular formula is C21H25N3O3. The van der Waals surface area contributed by atoms with Gasteiger partial charge in [-0.3, -0.25) is 14.5 Å². The second kappa shape index (κ2) is 7.96. The highest BCUT2D eigenvalue weighted by Crippen LogP contribution is 2.19. The molecule has 6 heteroatoms. The molecule has 142 valence electrons. The molecule has 2 aromatic rings. The van der Waals surface area contributed by atoms with E-state index in [1.54, 1.807) is 11.0 Å². The smallest absolute Gasteiger partial charge is 0.290 e. The van der Waals surface area contributed by atoms with Crippen molar-refractivity contribution in [3.8, 4) is 0 Å². The minimum Gasteiger partial charge on any atom is -0.455 e. The van der Waals surface area contributed by atoms with Gasteiger partial charge in [0, 0.05) is 19.5 Å². The van der Waals surface area contributed by atoms with Gasteiger partial charge < -0.3 is 14.6 Å². The topological polar surface area (TPSA) is 65.8 Å². The van der Waals surface area contributed by atoms with E-state index in [4.69, 9.17) is 4.42 Å². The molecule has 0 radical (unpaired) electrons. The average Bonchev–Trinajstić information content (AvgIpc) is 3.36. The van der Waals surface area contributed by atoms with E-state index < -0.39 is 6.04 Å². The van der Waals surface area contributed by atoms with Crippen molar-refractivity contribution in [3.63, 3.8) is 0 Å². The lowest BCUT2D eigenvalue weighted by molar-refractivity contribution is -0.127. The highest BCUT2D eigenvalue weighted by molar-refractivity contribution is 5.96. The van der Waals surface area contributed by atoms with E-state index in [-0.39, 0.29) is 11.8 Å². The summed E-state index contributed by atoms with van der Waals surface area (Å²) in [5.41, 5.74) is 1.03. The lowest BCUT2D eigenvalue weighted by Crippen LogP contribution is -2.58. The highest BCUT2D eigenvalue weighted by Gasteiger charge is 2.34. The van der Waals surface area contributed by atoms with Crippen LogP contribution in [0.25, 0.3) is 0 Å². The summed E-state index contributed by atoms with van der Waals surface area (Å²) in [4.78, 5) is 29.4. The van der Waals surface area contributed by atoms with Crippen molar-refractivity contribution >= 4 is 11.8 Å². The van der Waals surface area contributed by atoms with Gasteiger partial charge in [0.05, 0.1) is 6.54 Å². The molecule has 0 aliphatic carbocycles. The van der Waals surface area contributed by atoms with Gasteiger partial charge in [0.15, 0.2) is 5.76 Å². The fourth-order valence-electron chi connectivity index (χ4n) is 3.88. The first kappa shape index (κ1) is 17.8. The Kier molecular flexibility index (Phi) is 5.25. The zero-order chi connectivity index (χ0) is 18.6. The molecule has 2 aliphatic heterocycles. The van der Waals surface area contributed by atoms with Gasteiger partial charge in [0.2, 0.25) is 5.91 Å². The first-order valence-corrected chi connectivity index (χ1v) is 9.64. The second-order valence-corrected chi connectivity index (χ2v) is 7.24. The predicted octanol–water partition coefficient (Wildman–Crippen LogP) is 2.06. The quantitative estimate of drug-likeness (QED) is 0.879. The Balaban J connectivity index is 1.48. The zero-order valence-electron chi connectivity index (χ0n) is 15.4. The molecule has 0 bridgehead atoms. The van der Waals surface area contributed by atoms with Gasteiger partial charge in [0.1, 0.15) is 11.8 Å². The van der Waals surface area contributed by atoms with Gasteiger partial charge in [-0.05, 0) is 43.6 Å². The van der Waals surface area contributed by atoms with Crippen LogP contribution in [0.5, 0.6) is 0 Å². The number of amides is 2. The third kappa shape index (κ3) is 4.06. The maximum Gasteiger partial charge on any atom is 0.290 e. The van der Waals surface area contributed by atoms with Crippen LogP contribution in [0.15, 0.2) is 46.9 Å². The summed E-state index contributed by atoms with van der Waals surface area (Å²) in [7, 11) is 0. The first-order valence-electron chi connectivity index (χ1n) is 9.64. The van der Waals surface area contributed by atoms with Gasteiger partial charge in [-0.1, -0.05) is 30.3 Å². The Hall–Kier alpha value is -2.60. The highest BCUT2D eigenvalue weighted by atomic mass is 16.4. The fourth-order valence-corrected chi connectivity index (χ4v) is 3.88. The molecule has 2 saturated heterocycles. The van der Waals surface area contributed by atoms with Crippen molar-refractivity contribution in [3.05, 3.63) is 59.5 Å². The molecule has 1 aromatic heterocycles. The number of benzene rings is 1. The van der Waals surface area contributed by atoms with Crippen LogP contribution >= 0.6 is 0 Å². The van der Waals surface area contributed by atoms with E-state index in [1.807, 2.05) is 36.4 Å². The predicted molar refractivity (Wildman–Crippen MR) is 101 cm³/mol. The van der Waals surface area contributed by atoms with E-state index in [0.717, 1.165) is 31.0 Å². The molecule has 2 fully saturated rings. The van der Waals surface area contributed by atoms with Crippen LogP contribution in [-0.4, -0.2) is 53.8 Å². The molecule has 0 spiro atoms. The van der Waals surface area contributed by atoms with Crippen LogP contribution in [0, 0.1) is 0 Å². The standard InChI is InChI=1S/C21H25N3O3/c25-20-18(14-16-6-2-1-3-7-16)24(13-10-22-20)21(26)19-9-8-17(27-19)15-23-11-4-5-12-23/h1-3,6-9,18H,4-5,10-15H2,(H,22,25). The Morgan fingerprint density at radius 1 is 1.07 bits per heavy atom. The molecule has 3 heterocycles. The number of carbonyl (C=O) groups is 2. The molecule has 6 nitrogen and oxygen atoms in total. The third-order valence-electron chi connectivity index (χ3n) is 5.31. The number of carbonyl (C=O) groups excluding carboxylic acids is 2.